The van der Waals surface area contributed by atoms with Crippen LogP contribution in [0.15, 0.2) is 29.3 Å². The summed E-state index contributed by atoms with van der Waals surface area (Å²) in [6.45, 7) is 7.91. The van der Waals surface area contributed by atoms with E-state index in [0.29, 0.717) is 19.1 Å². The largest absolute Gasteiger partial charge is 0.494 e. The smallest absolute Gasteiger partial charge is 0.193 e. The molecule has 27 heavy (non-hydrogen) atoms. The molecule has 1 fully saturated rings. The molecule has 152 valence electrons. The van der Waals surface area contributed by atoms with Crippen LogP contribution >= 0.6 is 0 Å². The van der Waals surface area contributed by atoms with Crippen molar-refractivity contribution in [1.29, 1.82) is 0 Å². The fourth-order valence-corrected chi connectivity index (χ4v) is 3.14. The summed E-state index contributed by atoms with van der Waals surface area (Å²) < 4.78 is 16.4. The maximum atomic E-state index is 5.77. The van der Waals surface area contributed by atoms with Gasteiger partial charge in [0.05, 0.1) is 26.4 Å². The number of hydrogen-bond donors (Lipinski definition) is 1. The van der Waals surface area contributed by atoms with E-state index in [1.165, 1.54) is 5.56 Å². The van der Waals surface area contributed by atoms with Gasteiger partial charge in [-0.2, -0.15) is 0 Å². The lowest BCUT2D eigenvalue weighted by Crippen LogP contribution is -2.40. The molecule has 0 radical (unpaired) electrons. The molecule has 6 heteroatoms. The topological polar surface area (TPSA) is 55.3 Å². The minimum absolute atomic E-state index is 0.573. The highest BCUT2D eigenvalue weighted by molar-refractivity contribution is 5.80. The van der Waals surface area contributed by atoms with Gasteiger partial charge >= 0.3 is 0 Å². The number of nitrogens with zero attached hydrogens (tertiary/aromatic N) is 2. The average molecular weight is 378 g/mol. The fraction of sp³-hybridized carbons (Fsp3) is 0.667. The minimum Gasteiger partial charge on any atom is -0.494 e. The van der Waals surface area contributed by atoms with E-state index < -0.39 is 0 Å². The normalized spacial score (nSPS) is 17.4. The van der Waals surface area contributed by atoms with Gasteiger partial charge in [0.25, 0.3) is 0 Å². The molecule has 6 nitrogen and oxygen atoms in total. The number of rotatable bonds is 11. The first-order valence-electron chi connectivity index (χ1n) is 9.94. The second kappa shape index (κ2) is 12.6. The summed E-state index contributed by atoms with van der Waals surface area (Å²) >= 11 is 0. The Morgan fingerprint density at radius 3 is 2.74 bits per heavy atom. The standard InChI is InChI=1S/C21H35N3O3/c1-18-6-8-20(9-7-18)27-13-5-4-11-23-21(22-2)24-12-10-19(16-24)17-26-15-14-25-3/h6-9,19H,4-5,10-17H2,1-3H3,(H,22,23). The molecule has 0 bridgehead atoms. The Morgan fingerprint density at radius 2 is 2.00 bits per heavy atom. The van der Waals surface area contributed by atoms with Gasteiger partial charge in [-0.25, -0.2) is 0 Å². The Morgan fingerprint density at radius 1 is 1.19 bits per heavy atom. The first-order chi connectivity index (χ1) is 13.2. The van der Waals surface area contributed by atoms with E-state index >= 15 is 0 Å². The number of hydrogen-bond acceptors (Lipinski definition) is 4. The van der Waals surface area contributed by atoms with Crippen molar-refractivity contribution in [2.24, 2.45) is 10.9 Å². The van der Waals surface area contributed by atoms with Crippen molar-refractivity contribution in [2.75, 3.05) is 60.2 Å². The molecular formula is C21H35N3O3. The molecule has 0 aromatic heterocycles. The van der Waals surface area contributed by atoms with Crippen molar-refractivity contribution in [1.82, 2.24) is 10.2 Å². The van der Waals surface area contributed by atoms with E-state index in [0.717, 1.165) is 63.8 Å². The number of unbranched alkanes of at least 4 members (excludes halogenated alkanes) is 1. The summed E-state index contributed by atoms with van der Waals surface area (Å²) in [5.74, 6) is 2.51. The second-order valence-corrected chi connectivity index (χ2v) is 7.01. The lowest BCUT2D eigenvalue weighted by atomic mass is 10.1. The van der Waals surface area contributed by atoms with Gasteiger partial charge in [-0.05, 0) is 38.3 Å². The summed E-state index contributed by atoms with van der Waals surface area (Å²) in [4.78, 5) is 6.75. The van der Waals surface area contributed by atoms with Crippen molar-refractivity contribution >= 4 is 5.96 Å². The highest BCUT2D eigenvalue weighted by Gasteiger charge is 2.24. The van der Waals surface area contributed by atoms with E-state index in [4.69, 9.17) is 14.2 Å². The molecule has 1 aromatic rings. The van der Waals surface area contributed by atoms with E-state index in [1.54, 1.807) is 7.11 Å². The molecule has 1 saturated heterocycles. The summed E-state index contributed by atoms with van der Waals surface area (Å²) in [6.07, 6.45) is 3.23. The Bertz CT molecular complexity index is 548. The van der Waals surface area contributed by atoms with E-state index in [1.807, 2.05) is 19.2 Å². The van der Waals surface area contributed by atoms with Crippen molar-refractivity contribution in [3.8, 4) is 5.75 Å². The third-order valence-corrected chi connectivity index (χ3v) is 4.73. The minimum atomic E-state index is 0.573. The van der Waals surface area contributed by atoms with Crippen molar-refractivity contribution < 1.29 is 14.2 Å². The predicted molar refractivity (Wildman–Crippen MR) is 110 cm³/mol. The summed E-state index contributed by atoms with van der Waals surface area (Å²) in [5, 5.41) is 3.47. The molecule has 0 aliphatic carbocycles. The SMILES string of the molecule is CN=C(NCCCCOc1ccc(C)cc1)N1CCC(COCCOC)C1. The van der Waals surface area contributed by atoms with Gasteiger partial charge in [-0.1, -0.05) is 17.7 Å². The van der Waals surface area contributed by atoms with Gasteiger partial charge in [0.1, 0.15) is 5.75 Å². The molecule has 1 aliphatic rings. The van der Waals surface area contributed by atoms with Gasteiger partial charge < -0.3 is 24.4 Å². The number of benzene rings is 1. The average Bonchev–Trinajstić information content (AvgIpc) is 3.15. The van der Waals surface area contributed by atoms with Gasteiger partial charge in [0, 0.05) is 39.7 Å². The van der Waals surface area contributed by atoms with Gasteiger partial charge in [0.15, 0.2) is 5.96 Å². The summed E-state index contributed by atoms with van der Waals surface area (Å²) in [5.41, 5.74) is 1.25. The molecule has 1 N–H and O–H groups in total. The van der Waals surface area contributed by atoms with Crippen molar-refractivity contribution in [3.05, 3.63) is 29.8 Å². The van der Waals surface area contributed by atoms with Gasteiger partial charge in [-0.15, -0.1) is 0 Å². The van der Waals surface area contributed by atoms with Crippen LogP contribution in [-0.2, 0) is 9.47 Å². The van der Waals surface area contributed by atoms with Gasteiger partial charge in [-0.3, -0.25) is 4.99 Å². The maximum absolute atomic E-state index is 5.77. The zero-order valence-electron chi connectivity index (χ0n) is 17.1. The monoisotopic (exact) mass is 377 g/mol. The fourth-order valence-electron chi connectivity index (χ4n) is 3.14. The van der Waals surface area contributed by atoms with Crippen LogP contribution in [0.2, 0.25) is 0 Å². The van der Waals surface area contributed by atoms with Crippen LogP contribution in [0.5, 0.6) is 5.75 Å². The zero-order valence-corrected chi connectivity index (χ0v) is 17.1. The molecule has 0 saturated carbocycles. The lowest BCUT2D eigenvalue weighted by Gasteiger charge is -2.21. The molecule has 1 heterocycles. The number of ether oxygens (including phenoxy) is 3. The van der Waals surface area contributed by atoms with Crippen molar-refractivity contribution in [3.63, 3.8) is 0 Å². The molecule has 0 spiro atoms. The van der Waals surface area contributed by atoms with Crippen LogP contribution in [0, 0.1) is 12.8 Å². The highest BCUT2D eigenvalue weighted by atomic mass is 16.5. The molecule has 0 amide bonds. The Hall–Kier alpha value is -1.79. The first-order valence-corrected chi connectivity index (χ1v) is 9.94. The van der Waals surface area contributed by atoms with Crippen molar-refractivity contribution in [2.45, 2.75) is 26.2 Å². The number of likely N-dealkylation sites (tertiary alicyclic amines) is 1. The number of aliphatic imine (C=N–C) groups is 1. The Labute approximate surface area is 163 Å². The number of methoxy groups -OCH3 is 1. The molecular weight excluding hydrogens is 342 g/mol. The Balaban J connectivity index is 1.55. The third-order valence-electron chi connectivity index (χ3n) is 4.73. The quantitative estimate of drug-likeness (QED) is 0.365. The lowest BCUT2D eigenvalue weighted by molar-refractivity contribution is 0.0536. The highest BCUT2D eigenvalue weighted by Crippen LogP contribution is 2.16. The van der Waals surface area contributed by atoms with E-state index in [-0.39, 0.29) is 0 Å². The molecule has 1 atom stereocenters. The number of nitrogens with one attached hydrogen (secondary N) is 1. The maximum Gasteiger partial charge on any atom is 0.193 e. The van der Waals surface area contributed by atoms with Crippen LogP contribution in [0.25, 0.3) is 0 Å². The Kier molecular flexibility index (Phi) is 10.0. The summed E-state index contributed by atoms with van der Waals surface area (Å²) in [6, 6.07) is 8.20. The van der Waals surface area contributed by atoms with Crippen LogP contribution < -0.4 is 10.1 Å². The van der Waals surface area contributed by atoms with Crippen LogP contribution in [0.3, 0.4) is 0 Å². The third kappa shape index (κ3) is 8.18. The number of aryl methyl sites for hydroxylation is 1. The first kappa shape index (κ1) is 21.5. The molecule has 1 aromatic carbocycles. The second-order valence-electron chi connectivity index (χ2n) is 7.01. The van der Waals surface area contributed by atoms with Gasteiger partial charge in [0.2, 0.25) is 0 Å². The molecule has 1 aliphatic heterocycles. The van der Waals surface area contributed by atoms with Crippen LogP contribution in [-0.4, -0.2) is 71.1 Å². The van der Waals surface area contributed by atoms with E-state index in [9.17, 15) is 0 Å². The molecule has 2 rings (SSSR count). The van der Waals surface area contributed by atoms with Crippen LogP contribution in [0.4, 0.5) is 0 Å². The zero-order chi connectivity index (χ0) is 19.3. The summed E-state index contributed by atoms with van der Waals surface area (Å²) in [7, 11) is 3.55. The van der Waals surface area contributed by atoms with E-state index in [2.05, 4.69) is 34.3 Å². The predicted octanol–water partition coefficient (Wildman–Crippen LogP) is 2.71. The number of guanidine groups is 1. The van der Waals surface area contributed by atoms with Crippen LogP contribution in [0.1, 0.15) is 24.8 Å². The molecule has 1 unspecified atom stereocenters.